The minimum absolute atomic E-state index is 0.0195. The number of phenols is 2. The summed E-state index contributed by atoms with van der Waals surface area (Å²) in [7, 11) is -13.1. The SMILES string of the molecule is CS(=O)(=O)Nc1ccccc1N=Nc1c(S(=O)(=O)O)cc2ccc(N=Nc3c(O)ccc4cc(S(=O)(=O)O)ccc34)cc2c1O. The minimum atomic E-state index is -4.93. The van der Waals surface area contributed by atoms with Gasteiger partial charge in [0.25, 0.3) is 20.2 Å². The molecule has 0 aliphatic heterocycles. The highest BCUT2D eigenvalue weighted by molar-refractivity contribution is 7.92. The lowest BCUT2D eigenvalue weighted by atomic mass is 10.1. The van der Waals surface area contributed by atoms with Gasteiger partial charge in [-0.15, -0.1) is 15.3 Å². The predicted octanol–water partition coefficient (Wildman–Crippen LogP) is 6.10. The zero-order valence-electron chi connectivity index (χ0n) is 22.8. The number of nitrogens with zero attached hydrogens (tertiary/aromatic N) is 4. The van der Waals surface area contributed by atoms with Gasteiger partial charge >= 0.3 is 0 Å². The third-order valence-corrected chi connectivity index (χ3v) is 8.58. The quantitative estimate of drug-likeness (QED) is 0.0936. The summed E-state index contributed by atoms with van der Waals surface area (Å²) in [6, 6.07) is 17.3. The number of sulfonamides is 1. The molecule has 0 saturated carbocycles. The molecule has 5 rings (SSSR count). The zero-order valence-corrected chi connectivity index (χ0v) is 25.2. The molecule has 0 aliphatic rings. The molecule has 5 aromatic rings. The van der Waals surface area contributed by atoms with E-state index in [1.165, 1.54) is 66.7 Å². The van der Waals surface area contributed by atoms with Crippen molar-refractivity contribution >= 4 is 80.2 Å². The van der Waals surface area contributed by atoms with E-state index in [4.69, 9.17) is 0 Å². The van der Waals surface area contributed by atoms with E-state index in [1.807, 2.05) is 0 Å². The fraction of sp³-hybridized carbons (Fsp3) is 0.0370. The third-order valence-electron chi connectivity index (χ3n) is 6.28. The van der Waals surface area contributed by atoms with Crippen molar-refractivity contribution in [1.82, 2.24) is 0 Å². The number of anilines is 1. The molecule has 5 aromatic carbocycles. The van der Waals surface area contributed by atoms with Crippen molar-refractivity contribution < 1.29 is 44.6 Å². The molecule has 0 aliphatic carbocycles. The molecule has 5 N–H and O–H groups in total. The largest absolute Gasteiger partial charge is 0.506 e. The van der Waals surface area contributed by atoms with E-state index in [0.29, 0.717) is 10.8 Å². The van der Waals surface area contributed by atoms with Crippen LogP contribution in [0.25, 0.3) is 21.5 Å². The molecule has 0 saturated heterocycles. The molecule has 0 amide bonds. The maximum Gasteiger partial charge on any atom is 0.296 e. The molecule has 15 nitrogen and oxygen atoms in total. The van der Waals surface area contributed by atoms with Crippen LogP contribution in [0.1, 0.15) is 0 Å². The zero-order chi connectivity index (χ0) is 32.7. The Labute approximate surface area is 255 Å². The third kappa shape index (κ3) is 6.89. The van der Waals surface area contributed by atoms with Crippen LogP contribution in [0, 0.1) is 0 Å². The van der Waals surface area contributed by atoms with E-state index >= 15 is 0 Å². The topological polar surface area (TPSA) is 245 Å². The first-order valence-electron chi connectivity index (χ1n) is 12.4. The molecular weight excluding hydrogens is 651 g/mol. The molecule has 0 unspecified atom stereocenters. The van der Waals surface area contributed by atoms with Gasteiger partial charge in [0, 0.05) is 10.8 Å². The summed E-state index contributed by atoms with van der Waals surface area (Å²) in [4.78, 5) is -1.13. The highest BCUT2D eigenvalue weighted by Crippen LogP contribution is 2.43. The Morgan fingerprint density at radius 2 is 1.31 bits per heavy atom. The van der Waals surface area contributed by atoms with Gasteiger partial charge in [0.15, 0.2) is 5.75 Å². The van der Waals surface area contributed by atoms with Crippen molar-refractivity contribution in [3.8, 4) is 11.5 Å². The van der Waals surface area contributed by atoms with Crippen LogP contribution in [0.5, 0.6) is 11.5 Å². The first-order valence-corrected chi connectivity index (χ1v) is 17.2. The first-order chi connectivity index (χ1) is 21.0. The second-order valence-electron chi connectivity index (χ2n) is 9.54. The van der Waals surface area contributed by atoms with Gasteiger partial charge in [-0.3, -0.25) is 13.8 Å². The first kappa shape index (κ1) is 31.4. The minimum Gasteiger partial charge on any atom is -0.506 e. The van der Waals surface area contributed by atoms with Gasteiger partial charge in [0.1, 0.15) is 27.7 Å². The predicted molar refractivity (Wildman–Crippen MR) is 164 cm³/mol. The summed E-state index contributed by atoms with van der Waals surface area (Å²) in [6.07, 6.45) is 0.919. The number of benzene rings is 5. The van der Waals surface area contributed by atoms with E-state index in [-0.39, 0.29) is 44.2 Å². The second-order valence-corrected chi connectivity index (χ2v) is 14.1. The molecule has 0 heterocycles. The van der Waals surface area contributed by atoms with Crippen molar-refractivity contribution in [3.63, 3.8) is 0 Å². The number of fused-ring (bicyclic) bond motifs is 2. The molecule has 0 spiro atoms. The molecule has 0 fully saturated rings. The Kier molecular flexibility index (Phi) is 8.02. The highest BCUT2D eigenvalue weighted by atomic mass is 32.2. The Morgan fingerprint density at radius 1 is 0.644 bits per heavy atom. The maximum atomic E-state index is 12.2. The van der Waals surface area contributed by atoms with E-state index in [9.17, 15) is 44.6 Å². The van der Waals surface area contributed by atoms with Crippen molar-refractivity contribution in [3.05, 3.63) is 78.9 Å². The van der Waals surface area contributed by atoms with E-state index in [0.717, 1.165) is 18.4 Å². The van der Waals surface area contributed by atoms with E-state index < -0.39 is 46.6 Å². The van der Waals surface area contributed by atoms with Crippen LogP contribution in [0.4, 0.5) is 28.4 Å². The van der Waals surface area contributed by atoms with Gasteiger partial charge in [-0.05, 0) is 59.3 Å². The van der Waals surface area contributed by atoms with Gasteiger partial charge in [0.05, 0.1) is 22.5 Å². The van der Waals surface area contributed by atoms with Gasteiger partial charge in [-0.2, -0.15) is 21.9 Å². The number of azo groups is 2. The lowest BCUT2D eigenvalue weighted by molar-refractivity contribution is 0.472. The summed E-state index contributed by atoms with van der Waals surface area (Å²) in [5, 5.41) is 38.2. The summed E-state index contributed by atoms with van der Waals surface area (Å²) in [5.74, 6) is -0.999. The van der Waals surface area contributed by atoms with Gasteiger partial charge in [0.2, 0.25) is 10.0 Å². The molecule has 0 bridgehead atoms. The molecule has 232 valence electrons. The Balaban J connectivity index is 1.60. The van der Waals surface area contributed by atoms with E-state index in [1.54, 1.807) is 0 Å². The molecule has 0 radical (unpaired) electrons. The Bertz CT molecular complexity index is 2410. The molecule has 45 heavy (non-hydrogen) atoms. The van der Waals surface area contributed by atoms with Crippen molar-refractivity contribution in [2.75, 3.05) is 11.0 Å². The summed E-state index contributed by atoms with van der Waals surface area (Å²) < 4.78 is 92.3. The Morgan fingerprint density at radius 3 is 2.00 bits per heavy atom. The van der Waals surface area contributed by atoms with Crippen LogP contribution in [-0.4, -0.2) is 50.8 Å². The van der Waals surface area contributed by atoms with Crippen LogP contribution in [0.2, 0.25) is 0 Å². The smallest absolute Gasteiger partial charge is 0.296 e. The van der Waals surface area contributed by atoms with Gasteiger partial charge < -0.3 is 10.2 Å². The van der Waals surface area contributed by atoms with Crippen molar-refractivity contribution in [1.29, 1.82) is 0 Å². The number of para-hydroxylation sites is 1. The monoisotopic (exact) mass is 671 g/mol. The fourth-order valence-electron chi connectivity index (χ4n) is 4.29. The maximum absolute atomic E-state index is 12.2. The molecule has 18 heteroatoms. The number of hydrogen-bond donors (Lipinski definition) is 5. The lowest BCUT2D eigenvalue weighted by Crippen LogP contribution is -2.09. The van der Waals surface area contributed by atoms with Crippen LogP contribution < -0.4 is 4.72 Å². The standard InChI is InChI=1S/C27H21N5O10S3/c1-43(35,36)32-22-5-3-2-4-21(22)29-31-26-24(45(40,41)42)13-16-6-8-17(14-20(16)27(26)34)28-30-25-19-10-9-18(44(37,38)39)12-15(19)7-11-23(25)33/h2-14,32-34H,1H3,(H,37,38,39)(H,40,41,42). The van der Waals surface area contributed by atoms with Crippen LogP contribution in [0.3, 0.4) is 0 Å². The van der Waals surface area contributed by atoms with Crippen LogP contribution in [-0.2, 0) is 30.3 Å². The lowest BCUT2D eigenvalue weighted by Gasteiger charge is -2.10. The highest BCUT2D eigenvalue weighted by Gasteiger charge is 2.22. The molecule has 0 aromatic heterocycles. The van der Waals surface area contributed by atoms with Crippen molar-refractivity contribution in [2.45, 2.75) is 9.79 Å². The fourth-order valence-corrected chi connectivity index (χ4v) is 6.03. The average molecular weight is 672 g/mol. The van der Waals surface area contributed by atoms with Gasteiger partial charge in [-0.1, -0.05) is 30.3 Å². The van der Waals surface area contributed by atoms with Crippen LogP contribution >= 0.6 is 0 Å². The summed E-state index contributed by atoms with van der Waals surface area (Å²) in [5.41, 5.74) is -0.560. The Hall–Kier alpha value is -5.01. The molecular formula is C27H21N5O10S3. The number of nitrogens with one attached hydrogen (secondary N) is 1. The molecule has 0 atom stereocenters. The summed E-state index contributed by atoms with van der Waals surface area (Å²) >= 11 is 0. The number of hydrogen-bond acceptors (Lipinski definition) is 12. The van der Waals surface area contributed by atoms with Crippen LogP contribution in [0.15, 0.2) is 109 Å². The normalized spacial score (nSPS) is 12.9. The number of phenolic OH excluding ortho intramolecular Hbond substituents is 2. The number of rotatable bonds is 8. The summed E-state index contributed by atoms with van der Waals surface area (Å²) in [6.45, 7) is 0. The second kappa shape index (κ2) is 11.5. The average Bonchev–Trinajstić information content (AvgIpc) is 2.95. The van der Waals surface area contributed by atoms with E-state index in [2.05, 4.69) is 25.2 Å². The van der Waals surface area contributed by atoms with Crippen molar-refractivity contribution in [2.24, 2.45) is 20.5 Å². The number of aromatic hydroxyl groups is 2. The van der Waals surface area contributed by atoms with Gasteiger partial charge in [-0.25, -0.2) is 8.42 Å².